The van der Waals surface area contributed by atoms with Crippen LogP contribution in [-0.2, 0) is 9.59 Å². The van der Waals surface area contributed by atoms with Crippen molar-refractivity contribution in [3.63, 3.8) is 0 Å². The number of halogens is 1. The lowest BCUT2D eigenvalue weighted by molar-refractivity contribution is -0.140. The van der Waals surface area contributed by atoms with E-state index in [4.69, 9.17) is 0 Å². The van der Waals surface area contributed by atoms with Crippen LogP contribution >= 0.6 is 0 Å². The van der Waals surface area contributed by atoms with E-state index in [1.807, 2.05) is 4.90 Å². The Labute approximate surface area is 199 Å². The number of nitrogens with zero attached hydrogens (tertiary/aromatic N) is 3. The normalized spacial score (nSPS) is 26.7. The molecule has 2 heterocycles. The van der Waals surface area contributed by atoms with Gasteiger partial charge in [-0.2, -0.15) is 0 Å². The fourth-order valence-electron chi connectivity index (χ4n) is 6.06. The minimum Gasteiger partial charge on any atom is -0.366 e. The third-order valence-electron chi connectivity index (χ3n) is 7.24. The minimum absolute atomic E-state index is 0.0746. The number of anilines is 1. The molecule has 184 valence electrons. The van der Waals surface area contributed by atoms with E-state index >= 15 is 0 Å². The highest BCUT2D eigenvalue weighted by molar-refractivity contribution is 6.09. The molecule has 4 amide bonds. The molecule has 0 unspecified atom stereocenters. The molecule has 2 atom stereocenters. The van der Waals surface area contributed by atoms with Crippen LogP contribution < -0.4 is 10.2 Å². The van der Waals surface area contributed by atoms with Gasteiger partial charge in [0.15, 0.2) is 5.78 Å². The van der Waals surface area contributed by atoms with E-state index in [1.165, 1.54) is 13.0 Å². The number of hydrogen-bond acceptors (Lipinski definition) is 5. The number of piperazine rings is 1. The first-order chi connectivity index (χ1) is 15.9. The third-order valence-corrected chi connectivity index (χ3v) is 7.24. The number of amides is 4. The van der Waals surface area contributed by atoms with Gasteiger partial charge in [-0.25, -0.2) is 9.18 Å². The zero-order valence-electron chi connectivity index (χ0n) is 20.3. The van der Waals surface area contributed by atoms with Gasteiger partial charge in [-0.15, -0.1) is 0 Å². The molecule has 8 nitrogen and oxygen atoms in total. The topological polar surface area (TPSA) is 90.0 Å². The third kappa shape index (κ3) is 4.52. The van der Waals surface area contributed by atoms with Crippen LogP contribution in [0.4, 0.5) is 14.9 Å². The highest BCUT2D eigenvalue weighted by Gasteiger charge is 2.56. The van der Waals surface area contributed by atoms with Crippen LogP contribution in [-0.4, -0.2) is 71.7 Å². The lowest BCUT2D eigenvalue weighted by Gasteiger charge is -2.43. The summed E-state index contributed by atoms with van der Waals surface area (Å²) in [6.45, 7) is 8.94. The van der Waals surface area contributed by atoms with Crippen molar-refractivity contribution in [3.8, 4) is 0 Å². The molecule has 0 bridgehead atoms. The summed E-state index contributed by atoms with van der Waals surface area (Å²) in [5.41, 5.74) is -0.297. The molecule has 1 aromatic rings. The van der Waals surface area contributed by atoms with E-state index in [-0.39, 0.29) is 29.6 Å². The quantitative estimate of drug-likeness (QED) is 0.538. The average molecular weight is 473 g/mol. The number of benzene rings is 1. The highest BCUT2D eigenvalue weighted by atomic mass is 19.1. The van der Waals surface area contributed by atoms with Crippen molar-refractivity contribution in [3.05, 3.63) is 29.6 Å². The van der Waals surface area contributed by atoms with E-state index < -0.39 is 17.4 Å². The zero-order valence-corrected chi connectivity index (χ0v) is 20.3. The number of carbonyl (C=O) groups excluding carboxylic acids is 4. The van der Waals surface area contributed by atoms with Crippen molar-refractivity contribution >= 4 is 29.3 Å². The molecular weight excluding hydrogens is 439 g/mol. The maximum absolute atomic E-state index is 14.5. The molecule has 0 aromatic heterocycles. The molecule has 0 radical (unpaired) electrons. The van der Waals surface area contributed by atoms with Crippen molar-refractivity contribution in [2.75, 3.05) is 37.6 Å². The molecule has 1 saturated carbocycles. The number of imide groups is 1. The molecule has 3 fully saturated rings. The number of ketones is 1. The maximum atomic E-state index is 14.5. The Kier molecular flexibility index (Phi) is 6.16. The zero-order chi connectivity index (χ0) is 24.8. The molecule has 34 heavy (non-hydrogen) atoms. The van der Waals surface area contributed by atoms with Gasteiger partial charge in [-0.05, 0) is 55.7 Å². The van der Waals surface area contributed by atoms with Crippen molar-refractivity contribution in [2.24, 2.45) is 11.3 Å². The average Bonchev–Trinajstić information content (AvgIpc) is 2.95. The largest absolute Gasteiger partial charge is 0.366 e. The Morgan fingerprint density at radius 3 is 2.38 bits per heavy atom. The first-order valence-electron chi connectivity index (χ1n) is 11.9. The van der Waals surface area contributed by atoms with Crippen molar-refractivity contribution in [1.82, 2.24) is 15.1 Å². The number of nitrogens with one attached hydrogen (secondary N) is 1. The van der Waals surface area contributed by atoms with Crippen LogP contribution in [0.15, 0.2) is 18.2 Å². The standard InChI is InChI=1S/C25H33FN4O4/c1-16-12-24(3,4)15-25(13-16)22(33)30(23(34)27-25)14-21(32)29-9-7-28(8-10-29)20-6-5-18(17(2)31)11-19(20)26/h5-6,11,16H,7-10,12-15H2,1-4H3,(H,27,34)/t16-,25+/m0/s1. The Hall–Kier alpha value is -2.97. The van der Waals surface area contributed by atoms with Gasteiger partial charge in [0.1, 0.15) is 17.9 Å². The van der Waals surface area contributed by atoms with Gasteiger partial charge in [0.05, 0.1) is 5.69 Å². The summed E-state index contributed by atoms with van der Waals surface area (Å²) >= 11 is 0. The molecule has 9 heteroatoms. The number of carbonyl (C=O) groups is 4. The molecule has 1 aliphatic carbocycles. The number of hydrogen-bond donors (Lipinski definition) is 1. The van der Waals surface area contributed by atoms with Crippen molar-refractivity contribution < 1.29 is 23.6 Å². The summed E-state index contributed by atoms with van der Waals surface area (Å²) in [5.74, 6) is -0.981. The summed E-state index contributed by atoms with van der Waals surface area (Å²) in [6.07, 6.45) is 2.13. The van der Waals surface area contributed by atoms with Gasteiger partial charge >= 0.3 is 6.03 Å². The van der Waals surface area contributed by atoms with Crippen LogP contribution in [0.1, 0.15) is 57.3 Å². The van der Waals surface area contributed by atoms with Crippen LogP contribution in [0.5, 0.6) is 0 Å². The SMILES string of the molecule is CC(=O)c1ccc(N2CCN(C(=O)CN3C(=O)N[C@@]4(C[C@@H](C)CC(C)(C)C4)C3=O)CC2)c(F)c1. The van der Waals surface area contributed by atoms with E-state index in [0.29, 0.717) is 56.2 Å². The molecule has 1 N–H and O–H groups in total. The second-order valence-electron chi connectivity index (χ2n) is 10.8. The summed E-state index contributed by atoms with van der Waals surface area (Å²) < 4.78 is 14.5. The summed E-state index contributed by atoms with van der Waals surface area (Å²) in [6, 6.07) is 3.91. The summed E-state index contributed by atoms with van der Waals surface area (Å²) in [5, 5.41) is 2.90. The van der Waals surface area contributed by atoms with Crippen molar-refractivity contribution in [2.45, 2.75) is 52.5 Å². The van der Waals surface area contributed by atoms with Gasteiger partial charge in [0, 0.05) is 31.7 Å². The van der Waals surface area contributed by atoms with Gasteiger partial charge in [0.2, 0.25) is 5.91 Å². The second-order valence-corrected chi connectivity index (χ2v) is 10.8. The number of Topliss-reactive ketones (excluding diaryl/α,β-unsaturated/α-hetero) is 1. The Balaban J connectivity index is 1.38. The van der Waals surface area contributed by atoms with E-state index in [0.717, 1.165) is 11.3 Å². The first kappa shape index (κ1) is 24.2. The van der Waals surface area contributed by atoms with Crippen LogP contribution in [0.3, 0.4) is 0 Å². The van der Waals surface area contributed by atoms with Gasteiger partial charge in [-0.3, -0.25) is 19.3 Å². The molecule has 2 aliphatic heterocycles. The fraction of sp³-hybridized carbons (Fsp3) is 0.600. The van der Waals surface area contributed by atoms with Crippen molar-refractivity contribution in [1.29, 1.82) is 0 Å². The predicted molar refractivity (Wildman–Crippen MR) is 125 cm³/mol. The maximum Gasteiger partial charge on any atom is 0.325 e. The first-order valence-corrected chi connectivity index (χ1v) is 11.9. The predicted octanol–water partition coefficient (Wildman–Crippen LogP) is 2.81. The summed E-state index contributed by atoms with van der Waals surface area (Å²) in [4.78, 5) is 54.9. The second kappa shape index (κ2) is 8.67. The fourth-order valence-corrected chi connectivity index (χ4v) is 6.06. The van der Waals surface area contributed by atoms with E-state index in [1.54, 1.807) is 17.0 Å². The molecule has 3 aliphatic rings. The van der Waals surface area contributed by atoms with E-state index in [2.05, 4.69) is 26.1 Å². The Bertz CT molecular complexity index is 1030. The molecule has 1 aromatic carbocycles. The molecule has 4 rings (SSSR count). The Morgan fingerprint density at radius 2 is 1.79 bits per heavy atom. The molecule has 1 spiro atoms. The van der Waals surface area contributed by atoms with Gasteiger partial charge in [0.25, 0.3) is 5.91 Å². The van der Waals surface area contributed by atoms with Crippen LogP contribution in [0.25, 0.3) is 0 Å². The molecular formula is C25H33FN4O4. The smallest absolute Gasteiger partial charge is 0.325 e. The highest BCUT2D eigenvalue weighted by Crippen LogP contribution is 2.46. The van der Waals surface area contributed by atoms with E-state index in [9.17, 15) is 23.6 Å². The van der Waals surface area contributed by atoms with Gasteiger partial charge in [-0.1, -0.05) is 20.8 Å². The minimum atomic E-state index is -0.930. The van der Waals surface area contributed by atoms with Gasteiger partial charge < -0.3 is 15.1 Å². The van der Waals surface area contributed by atoms with Crippen LogP contribution in [0, 0.1) is 17.2 Å². The monoisotopic (exact) mass is 472 g/mol. The number of rotatable bonds is 4. The number of urea groups is 1. The molecule has 2 saturated heterocycles. The summed E-state index contributed by atoms with van der Waals surface area (Å²) in [7, 11) is 0. The lowest BCUT2D eigenvalue weighted by atomic mass is 9.64. The Morgan fingerprint density at radius 1 is 1.12 bits per heavy atom. The lowest BCUT2D eigenvalue weighted by Crippen LogP contribution is -2.55. The van der Waals surface area contributed by atoms with Crippen LogP contribution in [0.2, 0.25) is 0 Å².